The third kappa shape index (κ3) is 3.04. The summed E-state index contributed by atoms with van der Waals surface area (Å²) in [6, 6.07) is -0.957. The normalized spacial score (nSPS) is 27.0. The molecule has 0 radical (unpaired) electrons. The zero-order chi connectivity index (χ0) is 13.8. The van der Waals surface area contributed by atoms with Crippen LogP contribution in [-0.2, 0) is 14.4 Å². The van der Waals surface area contributed by atoms with Gasteiger partial charge in [-0.1, -0.05) is 0 Å². The number of nitrogens with one attached hydrogen (secondary N) is 3. The number of likely N-dealkylation sites (N-methyl/N-ethyl adjacent to an activating group) is 1. The summed E-state index contributed by atoms with van der Waals surface area (Å²) in [6.07, 6.45) is 0.901. The van der Waals surface area contributed by atoms with Crippen molar-refractivity contribution in [2.24, 2.45) is 0 Å². The van der Waals surface area contributed by atoms with Crippen LogP contribution in [0.15, 0.2) is 0 Å². The summed E-state index contributed by atoms with van der Waals surface area (Å²) in [5.74, 6) is -0.390. The fourth-order valence-corrected chi connectivity index (χ4v) is 2.49. The van der Waals surface area contributed by atoms with Gasteiger partial charge in [-0.3, -0.25) is 14.4 Å². The van der Waals surface area contributed by atoms with E-state index in [1.54, 1.807) is 4.90 Å². The Balaban J connectivity index is 2.04. The Kier molecular flexibility index (Phi) is 4.36. The number of amides is 3. The van der Waals surface area contributed by atoms with Gasteiger partial charge in [-0.05, 0) is 13.3 Å². The van der Waals surface area contributed by atoms with Crippen LogP contribution in [0.25, 0.3) is 0 Å². The number of rotatable bonds is 3. The van der Waals surface area contributed by atoms with E-state index in [1.165, 1.54) is 0 Å². The van der Waals surface area contributed by atoms with Gasteiger partial charge in [0, 0.05) is 32.6 Å². The van der Waals surface area contributed by atoms with Gasteiger partial charge in [-0.15, -0.1) is 0 Å². The zero-order valence-corrected chi connectivity index (χ0v) is 11.1. The highest BCUT2D eigenvalue weighted by Gasteiger charge is 2.37. The Morgan fingerprint density at radius 2 is 2.26 bits per heavy atom. The predicted molar refractivity (Wildman–Crippen MR) is 68.2 cm³/mol. The lowest BCUT2D eigenvalue weighted by Gasteiger charge is -2.36. The summed E-state index contributed by atoms with van der Waals surface area (Å²) in [6.45, 7) is 4.00. The zero-order valence-electron chi connectivity index (χ0n) is 11.1. The fraction of sp³-hybridized carbons (Fsp3) is 0.750. The fourth-order valence-electron chi connectivity index (χ4n) is 2.49. The molecule has 3 N–H and O–H groups in total. The van der Waals surface area contributed by atoms with E-state index in [0.29, 0.717) is 39.0 Å². The molecule has 0 aromatic heterocycles. The molecule has 2 saturated heterocycles. The van der Waals surface area contributed by atoms with Crippen molar-refractivity contribution in [2.75, 3.05) is 26.2 Å². The average molecular weight is 268 g/mol. The van der Waals surface area contributed by atoms with Gasteiger partial charge < -0.3 is 20.9 Å². The first-order valence-corrected chi connectivity index (χ1v) is 6.71. The molecule has 2 fully saturated rings. The minimum atomic E-state index is -0.487. The van der Waals surface area contributed by atoms with Gasteiger partial charge in [0.1, 0.15) is 12.1 Å². The second-order valence-corrected chi connectivity index (χ2v) is 4.80. The molecule has 2 aliphatic rings. The first kappa shape index (κ1) is 13.8. The second kappa shape index (κ2) is 6.01. The van der Waals surface area contributed by atoms with E-state index < -0.39 is 12.1 Å². The minimum Gasteiger partial charge on any atom is -0.355 e. The number of carbonyl (C=O) groups excluding carboxylic acids is 3. The summed E-state index contributed by atoms with van der Waals surface area (Å²) in [5, 5.41) is 8.52. The highest BCUT2D eigenvalue weighted by atomic mass is 16.2. The topological polar surface area (TPSA) is 90.5 Å². The monoisotopic (exact) mass is 268 g/mol. The first-order valence-electron chi connectivity index (χ1n) is 6.71. The molecular weight excluding hydrogens is 248 g/mol. The molecule has 3 amide bonds. The molecule has 0 aliphatic carbocycles. The average Bonchev–Trinajstić information content (AvgIpc) is 2.85. The Hall–Kier alpha value is -1.63. The smallest absolute Gasteiger partial charge is 0.245 e. The van der Waals surface area contributed by atoms with E-state index >= 15 is 0 Å². The molecule has 2 aliphatic heterocycles. The molecule has 1 unspecified atom stereocenters. The minimum absolute atomic E-state index is 0.0944. The molecule has 2 atom stereocenters. The van der Waals surface area contributed by atoms with Crippen molar-refractivity contribution in [1.82, 2.24) is 20.9 Å². The van der Waals surface area contributed by atoms with Crippen molar-refractivity contribution in [3.8, 4) is 0 Å². The molecule has 0 bridgehead atoms. The number of piperazine rings is 1. The lowest BCUT2D eigenvalue weighted by Crippen LogP contribution is -2.62. The van der Waals surface area contributed by atoms with E-state index in [1.807, 2.05) is 6.92 Å². The van der Waals surface area contributed by atoms with Crippen molar-refractivity contribution >= 4 is 17.7 Å². The summed E-state index contributed by atoms with van der Waals surface area (Å²) < 4.78 is 0. The van der Waals surface area contributed by atoms with Gasteiger partial charge in [0.15, 0.2) is 0 Å². The first-order chi connectivity index (χ1) is 9.13. The van der Waals surface area contributed by atoms with E-state index in [2.05, 4.69) is 16.0 Å². The summed E-state index contributed by atoms with van der Waals surface area (Å²) in [7, 11) is 0. The molecule has 2 rings (SSSR count). The molecule has 106 valence electrons. The lowest BCUT2D eigenvalue weighted by molar-refractivity contribution is -0.143. The number of hydrogen-bond donors (Lipinski definition) is 3. The molecular formula is C12H20N4O3. The molecule has 19 heavy (non-hydrogen) atoms. The molecule has 0 spiro atoms. The van der Waals surface area contributed by atoms with Gasteiger partial charge in [0.05, 0.1) is 0 Å². The van der Waals surface area contributed by atoms with E-state index in [4.69, 9.17) is 0 Å². The van der Waals surface area contributed by atoms with E-state index in [9.17, 15) is 14.4 Å². The lowest BCUT2D eigenvalue weighted by atomic mass is 10.1. The third-order valence-electron chi connectivity index (χ3n) is 3.47. The van der Waals surface area contributed by atoms with Gasteiger partial charge in [-0.25, -0.2) is 0 Å². The van der Waals surface area contributed by atoms with Crippen molar-refractivity contribution < 1.29 is 14.4 Å². The molecule has 7 heteroatoms. The number of carbonyl (C=O) groups is 3. The van der Waals surface area contributed by atoms with Crippen molar-refractivity contribution in [2.45, 2.75) is 31.8 Å². The molecule has 0 saturated carbocycles. The predicted octanol–water partition coefficient (Wildman–Crippen LogP) is -1.80. The second-order valence-electron chi connectivity index (χ2n) is 4.80. The highest BCUT2D eigenvalue weighted by Crippen LogP contribution is 2.13. The van der Waals surface area contributed by atoms with Crippen LogP contribution in [0.3, 0.4) is 0 Å². The van der Waals surface area contributed by atoms with Crippen molar-refractivity contribution in [3.63, 3.8) is 0 Å². The number of hydrogen-bond acceptors (Lipinski definition) is 4. The maximum Gasteiger partial charge on any atom is 0.245 e. The summed E-state index contributed by atoms with van der Waals surface area (Å²) >= 11 is 0. The van der Waals surface area contributed by atoms with Gasteiger partial charge >= 0.3 is 0 Å². The van der Waals surface area contributed by atoms with Crippen LogP contribution in [0.5, 0.6) is 0 Å². The van der Waals surface area contributed by atoms with E-state index in [-0.39, 0.29) is 17.7 Å². The van der Waals surface area contributed by atoms with Gasteiger partial charge in [0.2, 0.25) is 17.7 Å². The summed E-state index contributed by atoms with van der Waals surface area (Å²) in [5.41, 5.74) is 0. The van der Waals surface area contributed by atoms with Crippen LogP contribution in [0.4, 0.5) is 0 Å². The molecule has 7 nitrogen and oxygen atoms in total. The maximum atomic E-state index is 12.4. The maximum absolute atomic E-state index is 12.4. The Labute approximate surface area is 112 Å². The van der Waals surface area contributed by atoms with Crippen LogP contribution in [0, 0.1) is 0 Å². The van der Waals surface area contributed by atoms with E-state index in [0.717, 1.165) is 0 Å². The largest absolute Gasteiger partial charge is 0.355 e. The molecule has 0 aromatic rings. The third-order valence-corrected chi connectivity index (χ3v) is 3.47. The summed E-state index contributed by atoms with van der Waals surface area (Å²) in [4.78, 5) is 37.1. The number of nitrogens with zero attached hydrogens (tertiary/aromatic N) is 1. The SMILES string of the molecule is CCNC(=O)C1CNCCN1C(=O)[C@@H]1CCC(=O)N1. The molecule has 2 heterocycles. The Morgan fingerprint density at radius 1 is 1.47 bits per heavy atom. The van der Waals surface area contributed by atoms with Gasteiger partial charge in [0.25, 0.3) is 0 Å². The van der Waals surface area contributed by atoms with Crippen LogP contribution < -0.4 is 16.0 Å². The van der Waals surface area contributed by atoms with Crippen molar-refractivity contribution in [3.05, 3.63) is 0 Å². The van der Waals surface area contributed by atoms with Crippen LogP contribution >= 0.6 is 0 Å². The van der Waals surface area contributed by atoms with Gasteiger partial charge in [-0.2, -0.15) is 0 Å². The highest BCUT2D eigenvalue weighted by molar-refractivity contribution is 5.94. The van der Waals surface area contributed by atoms with Crippen molar-refractivity contribution in [1.29, 1.82) is 0 Å². The Bertz CT molecular complexity index is 385. The Morgan fingerprint density at radius 3 is 2.89 bits per heavy atom. The quantitative estimate of drug-likeness (QED) is 0.563. The van der Waals surface area contributed by atoms with Crippen LogP contribution in [0.2, 0.25) is 0 Å². The van der Waals surface area contributed by atoms with Crippen LogP contribution in [0.1, 0.15) is 19.8 Å². The standard InChI is InChI=1S/C12H20N4O3/c1-2-14-11(18)9-7-13-5-6-16(9)12(19)8-3-4-10(17)15-8/h8-9,13H,2-7H2,1H3,(H,14,18)(H,15,17)/t8-,9?/m0/s1. The molecule has 0 aromatic carbocycles. The van der Waals surface area contributed by atoms with Crippen LogP contribution in [-0.4, -0.2) is 60.9 Å².